The van der Waals surface area contributed by atoms with Gasteiger partial charge >= 0.3 is 6.09 Å². The van der Waals surface area contributed by atoms with E-state index in [-0.39, 0.29) is 0 Å². The second-order valence-electron chi connectivity index (χ2n) is 6.15. The second-order valence-corrected chi connectivity index (χ2v) is 6.59. The fourth-order valence-electron chi connectivity index (χ4n) is 1.92. The maximum absolute atomic E-state index is 12.3. The lowest BCUT2D eigenvalue weighted by atomic mass is 9.91. The number of likely N-dealkylation sites (N-methyl/N-ethyl adjacent to an activating group) is 1. The van der Waals surface area contributed by atoms with Gasteiger partial charge in [-0.15, -0.1) is 0 Å². The third-order valence-electron chi connectivity index (χ3n) is 3.30. The van der Waals surface area contributed by atoms with E-state index < -0.39 is 17.2 Å². The molecule has 0 aliphatic carbocycles. The molecule has 0 aliphatic heterocycles. The SMILES string of the molecule is COc1ccc(Cl)cc1C(C)(C=O)N(C)C(=O)OC(C)(C)C. The van der Waals surface area contributed by atoms with Crippen molar-refractivity contribution in [1.82, 2.24) is 4.90 Å². The van der Waals surface area contributed by atoms with Crippen molar-refractivity contribution in [3.8, 4) is 5.75 Å². The number of carbonyl (C=O) groups is 2. The molecule has 1 unspecified atom stereocenters. The quantitative estimate of drug-likeness (QED) is 0.792. The summed E-state index contributed by atoms with van der Waals surface area (Å²) in [5, 5.41) is 0.446. The minimum absolute atomic E-state index is 0.446. The van der Waals surface area contributed by atoms with Crippen LogP contribution in [-0.2, 0) is 15.1 Å². The van der Waals surface area contributed by atoms with Gasteiger partial charge in [-0.05, 0) is 45.9 Å². The van der Waals surface area contributed by atoms with Crippen molar-refractivity contribution < 1.29 is 19.1 Å². The molecular weight excluding hydrogens is 306 g/mol. The molecule has 6 heteroatoms. The van der Waals surface area contributed by atoms with Gasteiger partial charge in [0.2, 0.25) is 0 Å². The van der Waals surface area contributed by atoms with E-state index in [2.05, 4.69) is 0 Å². The molecule has 0 heterocycles. The first-order valence-electron chi connectivity index (χ1n) is 6.82. The largest absolute Gasteiger partial charge is 0.496 e. The Morgan fingerprint density at radius 3 is 2.32 bits per heavy atom. The highest BCUT2D eigenvalue weighted by atomic mass is 35.5. The van der Waals surface area contributed by atoms with E-state index in [0.29, 0.717) is 22.6 Å². The van der Waals surface area contributed by atoms with Crippen molar-refractivity contribution in [3.05, 3.63) is 28.8 Å². The number of nitrogens with zero attached hydrogens (tertiary/aromatic N) is 1. The monoisotopic (exact) mass is 327 g/mol. The maximum Gasteiger partial charge on any atom is 0.411 e. The van der Waals surface area contributed by atoms with Gasteiger partial charge in [0, 0.05) is 17.6 Å². The molecule has 1 aromatic carbocycles. The topological polar surface area (TPSA) is 55.8 Å². The smallest absolute Gasteiger partial charge is 0.411 e. The number of carbonyl (C=O) groups excluding carboxylic acids is 2. The molecule has 22 heavy (non-hydrogen) atoms. The summed E-state index contributed by atoms with van der Waals surface area (Å²) in [7, 11) is 2.99. The van der Waals surface area contributed by atoms with E-state index in [1.54, 1.807) is 45.9 Å². The fraction of sp³-hybridized carbons (Fsp3) is 0.500. The summed E-state index contributed by atoms with van der Waals surface area (Å²) < 4.78 is 10.6. The molecule has 0 bridgehead atoms. The number of aldehydes is 1. The lowest BCUT2D eigenvalue weighted by Gasteiger charge is -2.36. The molecule has 0 N–H and O–H groups in total. The summed E-state index contributed by atoms with van der Waals surface area (Å²) >= 11 is 6.02. The number of hydrogen-bond acceptors (Lipinski definition) is 4. The predicted octanol–water partition coefficient (Wildman–Crippen LogP) is 3.63. The van der Waals surface area contributed by atoms with Gasteiger partial charge in [0.15, 0.2) is 0 Å². The third-order valence-corrected chi connectivity index (χ3v) is 3.54. The fourth-order valence-corrected chi connectivity index (χ4v) is 2.09. The Kier molecular flexibility index (Phi) is 5.46. The summed E-state index contributed by atoms with van der Waals surface area (Å²) in [4.78, 5) is 25.3. The number of benzene rings is 1. The number of halogens is 1. The summed E-state index contributed by atoms with van der Waals surface area (Å²) in [6.07, 6.45) is 0.0644. The van der Waals surface area contributed by atoms with Crippen LogP contribution in [0.4, 0.5) is 4.79 Å². The Morgan fingerprint density at radius 2 is 1.86 bits per heavy atom. The molecule has 122 valence electrons. The van der Waals surface area contributed by atoms with Gasteiger partial charge in [-0.1, -0.05) is 11.6 Å². The predicted molar refractivity (Wildman–Crippen MR) is 85.4 cm³/mol. The van der Waals surface area contributed by atoms with E-state index in [0.717, 1.165) is 0 Å². The van der Waals surface area contributed by atoms with Crippen molar-refractivity contribution in [2.24, 2.45) is 0 Å². The van der Waals surface area contributed by atoms with Crippen molar-refractivity contribution in [2.75, 3.05) is 14.2 Å². The number of rotatable bonds is 4. The van der Waals surface area contributed by atoms with E-state index >= 15 is 0 Å². The van der Waals surface area contributed by atoms with Crippen LogP contribution in [0.3, 0.4) is 0 Å². The molecule has 0 radical (unpaired) electrons. The Labute approximate surface area is 136 Å². The molecule has 0 spiro atoms. The number of amides is 1. The zero-order chi connectivity index (χ0) is 17.1. The maximum atomic E-state index is 12.3. The van der Waals surface area contributed by atoms with Crippen molar-refractivity contribution >= 4 is 24.0 Å². The van der Waals surface area contributed by atoms with Crippen LogP contribution in [0.1, 0.15) is 33.3 Å². The normalized spacial score (nSPS) is 14.0. The Balaban J connectivity index is 3.29. The van der Waals surface area contributed by atoms with Crippen LogP contribution in [0.5, 0.6) is 5.75 Å². The highest BCUT2D eigenvalue weighted by Gasteiger charge is 2.39. The Morgan fingerprint density at radius 1 is 1.27 bits per heavy atom. The van der Waals surface area contributed by atoms with E-state index in [1.807, 2.05) is 0 Å². The van der Waals surface area contributed by atoms with E-state index in [9.17, 15) is 9.59 Å². The lowest BCUT2D eigenvalue weighted by molar-refractivity contribution is -0.117. The molecule has 0 saturated heterocycles. The molecule has 1 rings (SSSR count). The van der Waals surface area contributed by atoms with E-state index in [1.165, 1.54) is 19.1 Å². The average molecular weight is 328 g/mol. The van der Waals surface area contributed by atoms with E-state index in [4.69, 9.17) is 21.1 Å². The zero-order valence-corrected chi connectivity index (χ0v) is 14.5. The van der Waals surface area contributed by atoms with Crippen molar-refractivity contribution in [2.45, 2.75) is 38.8 Å². The highest BCUT2D eigenvalue weighted by Crippen LogP contribution is 2.35. The molecular formula is C16H22ClNO4. The molecule has 5 nitrogen and oxygen atoms in total. The first-order valence-corrected chi connectivity index (χ1v) is 7.20. The van der Waals surface area contributed by atoms with Crippen molar-refractivity contribution in [1.29, 1.82) is 0 Å². The number of hydrogen-bond donors (Lipinski definition) is 0. The van der Waals surface area contributed by atoms with Crippen LogP contribution in [0, 0.1) is 0 Å². The van der Waals surface area contributed by atoms with Gasteiger partial charge in [0.1, 0.15) is 23.2 Å². The van der Waals surface area contributed by atoms with Gasteiger partial charge in [-0.25, -0.2) is 4.79 Å². The summed E-state index contributed by atoms with van der Waals surface area (Å²) in [5.74, 6) is 0.467. The zero-order valence-electron chi connectivity index (χ0n) is 13.8. The summed E-state index contributed by atoms with van der Waals surface area (Å²) in [6, 6.07) is 4.92. The standard InChI is InChI=1S/C16H22ClNO4/c1-15(2,3)22-14(20)18(5)16(4,10-19)12-9-11(17)7-8-13(12)21-6/h7-10H,1-6H3. The van der Waals surface area contributed by atoms with Gasteiger partial charge in [-0.3, -0.25) is 4.90 Å². The second kappa shape index (κ2) is 6.57. The molecule has 0 aromatic heterocycles. The van der Waals surface area contributed by atoms with Crippen LogP contribution in [0.25, 0.3) is 0 Å². The average Bonchev–Trinajstić information content (AvgIpc) is 2.43. The van der Waals surface area contributed by atoms with Crippen molar-refractivity contribution in [3.63, 3.8) is 0 Å². The number of ether oxygens (including phenoxy) is 2. The first-order chi connectivity index (χ1) is 10.0. The molecule has 1 amide bonds. The van der Waals surface area contributed by atoms with Gasteiger partial charge < -0.3 is 14.3 Å². The molecule has 0 fully saturated rings. The van der Waals surface area contributed by atoms with Gasteiger partial charge in [0.25, 0.3) is 0 Å². The minimum Gasteiger partial charge on any atom is -0.496 e. The summed E-state index contributed by atoms with van der Waals surface area (Å²) in [5.41, 5.74) is -1.43. The first kappa shape index (κ1) is 18.3. The van der Waals surface area contributed by atoms with Crippen LogP contribution in [0.2, 0.25) is 5.02 Å². The van der Waals surface area contributed by atoms with Gasteiger partial charge in [0.05, 0.1) is 7.11 Å². The molecule has 1 atom stereocenters. The highest BCUT2D eigenvalue weighted by molar-refractivity contribution is 6.30. The molecule has 1 aromatic rings. The van der Waals surface area contributed by atoms with Crippen LogP contribution >= 0.6 is 11.6 Å². The van der Waals surface area contributed by atoms with Crippen LogP contribution in [-0.4, -0.2) is 37.0 Å². The third kappa shape index (κ3) is 3.91. The Bertz CT molecular complexity index is 568. The molecule has 0 saturated carbocycles. The lowest BCUT2D eigenvalue weighted by Crippen LogP contribution is -2.48. The minimum atomic E-state index is -1.27. The number of methoxy groups -OCH3 is 1. The summed E-state index contributed by atoms with van der Waals surface area (Å²) in [6.45, 7) is 6.89. The molecule has 0 aliphatic rings. The van der Waals surface area contributed by atoms with Gasteiger partial charge in [-0.2, -0.15) is 0 Å². The van der Waals surface area contributed by atoms with Crippen LogP contribution < -0.4 is 4.74 Å². The Hall–Kier alpha value is -1.75. The van der Waals surface area contributed by atoms with Crippen LogP contribution in [0.15, 0.2) is 18.2 Å².